The second-order valence-electron chi connectivity index (χ2n) is 6.26. The van der Waals surface area contributed by atoms with E-state index in [9.17, 15) is 4.79 Å². The SMILES string of the molecule is COc1cc(-c2ccc3c(n2)C(C)N(c2ccn(C)n2)C3=O)cnc1OC. The van der Waals surface area contributed by atoms with Gasteiger partial charge >= 0.3 is 0 Å². The van der Waals surface area contributed by atoms with Gasteiger partial charge in [0.15, 0.2) is 11.6 Å². The maximum atomic E-state index is 12.8. The normalized spacial score (nSPS) is 15.8. The number of ether oxygens (including phenoxy) is 2. The molecule has 1 amide bonds. The summed E-state index contributed by atoms with van der Waals surface area (Å²) in [4.78, 5) is 23.5. The van der Waals surface area contributed by atoms with E-state index in [0.29, 0.717) is 28.7 Å². The average Bonchev–Trinajstić information content (AvgIpc) is 3.22. The van der Waals surface area contributed by atoms with Gasteiger partial charge in [0.2, 0.25) is 0 Å². The van der Waals surface area contributed by atoms with E-state index >= 15 is 0 Å². The van der Waals surface area contributed by atoms with Crippen molar-refractivity contribution in [2.24, 2.45) is 7.05 Å². The van der Waals surface area contributed by atoms with E-state index in [0.717, 1.165) is 11.3 Å². The first-order valence-electron chi connectivity index (χ1n) is 8.46. The number of aromatic nitrogens is 4. The van der Waals surface area contributed by atoms with Crippen LogP contribution in [0.1, 0.15) is 29.0 Å². The Morgan fingerprint density at radius 1 is 1.15 bits per heavy atom. The summed E-state index contributed by atoms with van der Waals surface area (Å²) < 4.78 is 12.2. The molecule has 0 spiro atoms. The number of hydrogen-bond donors (Lipinski definition) is 0. The molecule has 138 valence electrons. The lowest BCUT2D eigenvalue weighted by Crippen LogP contribution is -2.26. The van der Waals surface area contributed by atoms with Crippen LogP contribution in [0, 0.1) is 0 Å². The van der Waals surface area contributed by atoms with Crippen LogP contribution in [0.4, 0.5) is 5.82 Å². The molecule has 0 saturated heterocycles. The van der Waals surface area contributed by atoms with Crippen LogP contribution in [0.25, 0.3) is 11.3 Å². The molecular formula is C19H19N5O3. The minimum Gasteiger partial charge on any atom is -0.491 e. The third-order valence-electron chi connectivity index (χ3n) is 4.63. The first-order chi connectivity index (χ1) is 13.0. The zero-order valence-electron chi connectivity index (χ0n) is 15.5. The van der Waals surface area contributed by atoms with E-state index < -0.39 is 0 Å². The molecule has 0 bridgehead atoms. The van der Waals surface area contributed by atoms with Gasteiger partial charge in [0.05, 0.1) is 37.2 Å². The van der Waals surface area contributed by atoms with Crippen LogP contribution >= 0.6 is 0 Å². The number of pyridine rings is 2. The van der Waals surface area contributed by atoms with Crippen molar-refractivity contribution in [1.82, 2.24) is 19.7 Å². The second kappa shape index (κ2) is 6.39. The molecule has 27 heavy (non-hydrogen) atoms. The maximum absolute atomic E-state index is 12.8. The number of nitrogens with zero attached hydrogens (tertiary/aromatic N) is 5. The molecule has 1 aliphatic rings. The van der Waals surface area contributed by atoms with E-state index in [-0.39, 0.29) is 11.9 Å². The molecule has 3 aromatic heterocycles. The van der Waals surface area contributed by atoms with E-state index in [2.05, 4.69) is 10.1 Å². The fourth-order valence-corrected chi connectivity index (χ4v) is 3.27. The van der Waals surface area contributed by atoms with Gasteiger partial charge in [0.1, 0.15) is 0 Å². The number of methoxy groups -OCH3 is 2. The van der Waals surface area contributed by atoms with Crippen LogP contribution in [0.3, 0.4) is 0 Å². The third-order valence-corrected chi connectivity index (χ3v) is 4.63. The van der Waals surface area contributed by atoms with E-state index in [1.54, 1.807) is 29.0 Å². The van der Waals surface area contributed by atoms with Crippen molar-refractivity contribution < 1.29 is 14.3 Å². The molecule has 0 N–H and O–H groups in total. The summed E-state index contributed by atoms with van der Waals surface area (Å²) in [6, 6.07) is 7.04. The number of aryl methyl sites for hydroxylation is 1. The maximum Gasteiger partial charge on any atom is 0.262 e. The quantitative estimate of drug-likeness (QED) is 0.707. The van der Waals surface area contributed by atoms with Crippen molar-refractivity contribution in [3.05, 3.63) is 47.9 Å². The highest BCUT2D eigenvalue weighted by atomic mass is 16.5. The van der Waals surface area contributed by atoms with Gasteiger partial charge < -0.3 is 9.47 Å². The molecule has 0 aromatic carbocycles. The number of anilines is 1. The molecule has 4 rings (SSSR count). The Kier molecular flexibility index (Phi) is 4.02. The number of fused-ring (bicyclic) bond motifs is 1. The van der Waals surface area contributed by atoms with Gasteiger partial charge in [-0.2, -0.15) is 5.10 Å². The first kappa shape index (κ1) is 17.0. The summed E-state index contributed by atoms with van der Waals surface area (Å²) in [6.07, 6.45) is 3.49. The second-order valence-corrected chi connectivity index (χ2v) is 6.26. The Morgan fingerprint density at radius 3 is 2.63 bits per heavy atom. The lowest BCUT2D eigenvalue weighted by atomic mass is 10.1. The van der Waals surface area contributed by atoms with Crippen molar-refractivity contribution in [2.75, 3.05) is 19.1 Å². The van der Waals surface area contributed by atoms with Crippen LogP contribution in [0.2, 0.25) is 0 Å². The summed E-state index contributed by atoms with van der Waals surface area (Å²) in [6.45, 7) is 1.95. The summed E-state index contributed by atoms with van der Waals surface area (Å²) >= 11 is 0. The van der Waals surface area contributed by atoms with Crippen LogP contribution in [0.15, 0.2) is 36.7 Å². The highest BCUT2D eigenvalue weighted by molar-refractivity contribution is 6.10. The molecule has 0 aliphatic carbocycles. The number of carbonyl (C=O) groups excluding carboxylic acids is 1. The van der Waals surface area contributed by atoms with Gasteiger partial charge in [-0.3, -0.25) is 14.4 Å². The van der Waals surface area contributed by atoms with E-state index in [1.807, 2.05) is 38.4 Å². The van der Waals surface area contributed by atoms with Crippen molar-refractivity contribution in [2.45, 2.75) is 13.0 Å². The molecule has 0 radical (unpaired) electrons. The van der Waals surface area contributed by atoms with Crippen molar-refractivity contribution in [1.29, 1.82) is 0 Å². The Morgan fingerprint density at radius 2 is 1.96 bits per heavy atom. The van der Waals surface area contributed by atoms with Gasteiger partial charge in [-0.25, -0.2) is 9.97 Å². The molecule has 8 heteroatoms. The van der Waals surface area contributed by atoms with Crippen LogP contribution in [0.5, 0.6) is 11.6 Å². The molecule has 4 heterocycles. The minimum atomic E-state index is -0.213. The average molecular weight is 365 g/mol. The molecule has 3 aromatic rings. The molecule has 1 atom stereocenters. The molecule has 8 nitrogen and oxygen atoms in total. The third kappa shape index (κ3) is 2.69. The lowest BCUT2D eigenvalue weighted by Gasteiger charge is -2.18. The van der Waals surface area contributed by atoms with Gasteiger partial charge in [0.25, 0.3) is 11.8 Å². The Balaban J connectivity index is 1.74. The number of amides is 1. The smallest absolute Gasteiger partial charge is 0.262 e. The highest BCUT2D eigenvalue weighted by Crippen LogP contribution is 2.37. The number of carbonyl (C=O) groups is 1. The standard InChI is InChI=1S/C19H19N5O3/c1-11-17-13(19(25)24(11)16-7-8-23(2)22-16)5-6-14(21-17)12-9-15(26-3)18(27-4)20-10-12/h5-11H,1-4H3. The number of hydrogen-bond acceptors (Lipinski definition) is 6. The van der Waals surface area contributed by atoms with Crippen LogP contribution in [-0.4, -0.2) is 39.9 Å². The zero-order valence-corrected chi connectivity index (χ0v) is 15.5. The molecular weight excluding hydrogens is 346 g/mol. The minimum absolute atomic E-state index is 0.0966. The fraction of sp³-hybridized carbons (Fsp3) is 0.263. The van der Waals surface area contributed by atoms with E-state index in [1.165, 1.54) is 7.11 Å². The van der Waals surface area contributed by atoms with Crippen LogP contribution in [-0.2, 0) is 7.05 Å². The van der Waals surface area contributed by atoms with E-state index in [4.69, 9.17) is 14.5 Å². The molecule has 1 unspecified atom stereocenters. The zero-order chi connectivity index (χ0) is 19.1. The van der Waals surface area contributed by atoms with Crippen LogP contribution < -0.4 is 14.4 Å². The summed E-state index contributed by atoms with van der Waals surface area (Å²) in [7, 11) is 4.92. The Bertz CT molecular complexity index is 1030. The van der Waals surface area contributed by atoms with Gasteiger partial charge in [-0.15, -0.1) is 0 Å². The molecule has 1 aliphatic heterocycles. The van der Waals surface area contributed by atoms with Crippen molar-refractivity contribution in [3.8, 4) is 22.9 Å². The number of rotatable bonds is 4. The van der Waals surface area contributed by atoms with Crippen molar-refractivity contribution in [3.63, 3.8) is 0 Å². The monoisotopic (exact) mass is 365 g/mol. The summed E-state index contributed by atoms with van der Waals surface area (Å²) in [5.41, 5.74) is 2.80. The molecule has 0 saturated carbocycles. The van der Waals surface area contributed by atoms with Gasteiger partial charge in [-0.1, -0.05) is 0 Å². The highest BCUT2D eigenvalue weighted by Gasteiger charge is 2.37. The Labute approximate surface area is 156 Å². The van der Waals surface area contributed by atoms with Gasteiger partial charge in [-0.05, 0) is 25.1 Å². The lowest BCUT2D eigenvalue weighted by molar-refractivity contribution is 0.0991. The largest absolute Gasteiger partial charge is 0.491 e. The van der Waals surface area contributed by atoms with Gasteiger partial charge in [0, 0.05) is 31.1 Å². The predicted molar refractivity (Wildman–Crippen MR) is 99.0 cm³/mol. The topological polar surface area (TPSA) is 82.4 Å². The first-order valence-corrected chi connectivity index (χ1v) is 8.46. The Hall–Kier alpha value is -3.42. The molecule has 0 fully saturated rings. The fourth-order valence-electron chi connectivity index (χ4n) is 3.27. The summed E-state index contributed by atoms with van der Waals surface area (Å²) in [5.74, 6) is 1.45. The summed E-state index contributed by atoms with van der Waals surface area (Å²) in [5, 5.41) is 4.35. The predicted octanol–water partition coefficient (Wildman–Crippen LogP) is 2.62. The van der Waals surface area contributed by atoms with Crippen molar-refractivity contribution >= 4 is 11.7 Å².